The summed E-state index contributed by atoms with van der Waals surface area (Å²) < 4.78 is 0. The van der Waals surface area contributed by atoms with Crippen LogP contribution in [0.4, 0.5) is 0 Å². The zero-order chi connectivity index (χ0) is 11.4. The van der Waals surface area contributed by atoms with E-state index in [0.29, 0.717) is 0 Å². The minimum absolute atomic E-state index is 0. The summed E-state index contributed by atoms with van der Waals surface area (Å²) in [6, 6.07) is 0. The van der Waals surface area contributed by atoms with Crippen LogP contribution in [-0.4, -0.2) is 0 Å². The van der Waals surface area contributed by atoms with E-state index in [2.05, 4.69) is 39.8 Å². The van der Waals surface area contributed by atoms with Crippen LogP contribution in [0.3, 0.4) is 0 Å². The van der Waals surface area contributed by atoms with Crippen LogP contribution in [0.2, 0.25) is 0 Å². The fourth-order valence-corrected chi connectivity index (χ4v) is 1.20. The summed E-state index contributed by atoms with van der Waals surface area (Å²) in [5.74, 6) is 0. The predicted octanol–water partition coefficient (Wildman–Crippen LogP) is 4.93. The van der Waals surface area contributed by atoms with Gasteiger partial charge in [0.1, 0.15) is 0 Å². The van der Waals surface area contributed by atoms with Crippen molar-refractivity contribution in [1.82, 2.24) is 0 Å². The summed E-state index contributed by atoms with van der Waals surface area (Å²) in [5, 5.41) is 0. The Labute approximate surface area is 111 Å². The van der Waals surface area contributed by atoms with E-state index in [0.717, 1.165) is 6.42 Å². The van der Waals surface area contributed by atoms with Crippen molar-refractivity contribution in [2.45, 2.75) is 53.4 Å². The molecule has 0 aromatic rings. The number of hydrogen-bond acceptors (Lipinski definition) is 0. The largest absolute Gasteiger partial charge is 0.497 e. The van der Waals surface area contributed by atoms with Crippen molar-refractivity contribution >= 4 is 0 Å². The first-order chi connectivity index (χ1) is 6.79. The van der Waals surface area contributed by atoms with Gasteiger partial charge in [0, 0.05) is 21.1 Å². The first kappa shape index (κ1) is 20.6. The Morgan fingerprint density at radius 1 is 1.07 bits per heavy atom. The molecule has 0 amide bonds. The smallest absolute Gasteiger partial charge is 0 e. The average molecular weight is 388 g/mol. The van der Waals surface area contributed by atoms with Crippen LogP contribution in [0, 0.1) is 19.9 Å². The molecule has 0 nitrogen and oxygen atoms in total. The van der Waals surface area contributed by atoms with Crippen LogP contribution in [0.5, 0.6) is 0 Å². The summed E-state index contributed by atoms with van der Waals surface area (Å²) in [6.07, 6.45) is 10.5. The Morgan fingerprint density at radius 2 is 1.60 bits per heavy atom. The van der Waals surface area contributed by atoms with Gasteiger partial charge in [-0.2, -0.15) is 20.3 Å². The van der Waals surface area contributed by atoms with E-state index in [1.807, 2.05) is 0 Å². The summed E-state index contributed by atoms with van der Waals surface area (Å²) in [5.41, 5.74) is 2.96. The number of allylic oxidation sites excluding steroid dienone is 4. The fourth-order valence-electron chi connectivity index (χ4n) is 1.20. The second-order valence-corrected chi connectivity index (χ2v) is 3.05. The van der Waals surface area contributed by atoms with Gasteiger partial charge >= 0.3 is 0 Å². The minimum Gasteiger partial charge on any atom is -0.497 e. The van der Waals surface area contributed by atoms with Crippen molar-refractivity contribution in [3.8, 4) is 0 Å². The molecule has 1 aliphatic carbocycles. The molecular formula is C14H25Pt-3. The van der Waals surface area contributed by atoms with Crippen molar-refractivity contribution in [3.05, 3.63) is 37.1 Å². The van der Waals surface area contributed by atoms with Gasteiger partial charge in [-0.3, -0.25) is 5.57 Å². The summed E-state index contributed by atoms with van der Waals surface area (Å²) >= 11 is 0. The van der Waals surface area contributed by atoms with E-state index in [9.17, 15) is 0 Å². The third-order valence-corrected chi connectivity index (χ3v) is 1.96. The second-order valence-electron chi connectivity index (χ2n) is 3.05. The average Bonchev–Trinajstić information content (AvgIpc) is 2.21. The second kappa shape index (κ2) is 16.6. The van der Waals surface area contributed by atoms with Crippen molar-refractivity contribution in [1.29, 1.82) is 0 Å². The molecule has 0 spiro atoms. The zero-order valence-corrected chi connectivity index (χ0v) is 12.9. The molecule has 0 aromatic heterocycles. The molecule has 0 unspecified atom stereocenters. The van der Waals surface area contributed by atoms with Gasteiger partial charge in [0.25, 0.3) is 0 Å². The van der Waals surface area contributed by atoms with Crippen molar-refractivity contribution < 1.29 is 21.1 Å². The van der Waals surface area contributed by atoms with Crippen LogP contribution in [-0.2, 0) is 21.1 Å². The molecule has 0 atom stereocenters. The standard InChI is InChI=1S/C10H15.2C2H5.Pt/c1-9-5-3-7-10(2)8-4-6-9;2*1-2;/h5H,3-4,6-7H2,1-2H3;2*1H2,2H3;/q3*-1;. The van der Waals surface area contributed by atoms with Crippen LogP contribution in [0.25, 0.3) is 0 Å². The van der Waals surface area contributed by atoms with Gasteiger partial charge in [-0.1, -0.05) is 31.4 Å². The van der Waals surface area contributed by atoms with Gasteiger partial charge < -0.3 is 19.9 Å². The van der Waals surface area contributed by atoms with Crippen molar-refractivity contribution in [3.63, 3.8) is 0 Å². The maximum absolute atomic E-state index is 3.39. The Morgan fingerprint density at radius 3 is 2.13 bits per heavy atom. The molecule has 0 heterocycles. The van der Waals surface area contributed by atoms with E-state index in [4.69, 9.17) is 0 Å². The van der Waals surface area contributed by atoms with Crippen LogP contribution in [0.1, 0.15) is 53.4 Å². The van der Waals surface area contributed by atoms with Gasteiger partial charge in [-0.25, -0.2) is 0 Å². The SMILES string of the molecule is CC1=[C-]CCC(C)=CCC1.[CH2-]C.[CH2-]C.[Pt]. The summed E-state index contributed by atoms with van der Waals surface area (Å²) in [4.78, 5) is 0. The molecule has 1 heteroatoms. The van der Waals surface area contributed by atoms with Crippen LogP contribution >= 0.6 is 0 Å². The van der Waals surface area contributed by atoms with Gasteiger partial charge in [-0.05, 0) is 13.3 Å². The molecule has 0 N–H and O–H groups in total. The Hall–Kier alpha value is 0.168. The van der Waals surface area contributed by atoms with Gasteiger partial charge in [0.05, 0.1) is 0 Å². The Bertz CT molecular complexity index is 146. The first-order valence-electron chi connectivity index (χ1n) is 5.42. The molecule has 15 heavy (non-hydrogen) atoms. The first-order valence-corrected chi connectivity index (χ1v) is 5.42. The van der Waals surface area contributed by atoms with E-state index in [1.165, 1.54) is 30.4 Å². The van der Waals surface area contributed by atoms with E-state index >= 15 is 0 Å². The van der Waals surface area contributed by atoms with Crippen LogP contribution < -0.4 is 0 Å². The zero-order valence-electron chi connectivity index (χ0n) is 10.6. The molecule has 0 fully saturated rings. The molecule has 94 valence electrons. The summed E-state index contributed by atoms with van der Waals surface area (Å²) in [6.45, 7) is 14.4. The monoisotopic (exact) mass is 388 g/mol. The molecule has 1 aliphatic rings. The number of rotatable bonds is 0. The minimum atomic E-state index is 0. The molecule has 1 rings (SSSR count). The normalized spacial score (nSPS) is 14.5. The maximum Gasteiger partial charge on any atom is 0 e. The van der Waals surface area contributed by atoms with Crippen LogP contribution in [0.15, 0.2) is 17.2 Å². The molecule has 0 aliphatic heterocycles. The Balaban J connectivity index is -0.000000258. The van der Waals surface area contributed by atoms with E-state index in [-0.39, 0.29) is 21.1 Å². The van der Waals surface area contributed by atoms with Gasteiger partial charge in [0.15, 0.2) is 0 Å². The van der Waals surface area contributed by atoms with Crippen molar-refractivity contribution in [2.24, 2.45) is 0 Å². The topological polar surface area (TPSA) is 0 Å². The maximum atomic E-state index is 3.39. The number of hydrogen-bond donors (Lipinski definition) is 0. The third kappa shape index (κ3) is 14.2. The van der Waals surface area contributed by atoms with Crippen molar-refractivity contribution in [2.75, 3.05) is 0 Å². The third-order valence-electron chi connectivity index (χ3n) is 1.96. The molecule has 0 saturated heterocycles. The summed E-state index contributed by atoms with van der Waals surface area (Å²) in [7, 11) is 0. The predicted molar refractivity (Wildman–Crippen MR) is 66.7 cm³/mol. The Kier molecular flexibility index (Phi) is 22.7. The fraction of sp³-hybridized carbons (Fsp3) is 0.571. The molecule has 0 saturated carbocycles. The molecule has 0 aromatic carbocycles. The molecular weight excluding hydrogens is 363 g/mol. The van der Waals surface area contributed by atoms with E-state index in [1.54, 1.807) is 13.8 Å². The molecule has 0 radical (unpaired) electrons. The quantitative estimate of drug-likeness (QED) is 0.408. The van der Waals surface area contributed by atoms with Gasteiger partial charge in [-0.15, -0.1) is 0 Å². The molecule has 0 bridgehead atoms. The van der Waals surface area contributed by atoms with E-state index < -0.39 is 0 Å². The van der Waals surface area contributed by atoms with Gasteiger partial charge in [0.2, 0.25) is 0 Å².